The summed E-state index contributed by atoms with van der Waals surface area (Å²) in [6.45, 7) is 4.08. The van der Waals surface area contributed by atoms with Crippen LogP contribution < -0.4 is 15.4 Å². The molecule has 0 unspecified atom stereocenters. The molecule has 0 saturated carbocycles. The van der Waals surface area contributed by atoms with Crippen molar-refractivity contribution in [3.05, 3.63) is 90.0 Å². The van der Waals surface area contributed by atoms with Gasteiger partial charge in [0.1, 0.15) is 5.75 Å². The third-order valence-electron chi connectivity index (χ3n) is 4.76. The van der Waals surface area contributed by atoms with Crippen molar-refractivity contribution in [3.8, 4) is 5.75 Å². The lowest BCUT2D eigenvalue weighted by molar-refractivity contribution is 0.0977. The van der Waals surface area contributed by atoms with E-state index >= 15 is 0 Å². The van der Waals surface area contributed by atoms with Crippen molar-refractivity contribution < 1.29 is 17.9 Å². The molecule has 0 aromatic heterocycles. The van der Waals surface area contributed by atoms with E-state index in [-0.39, 0.29) is 28.6 Å². The molecule has 0 atom stereocenters. The van der Waals surface area contributed by atoms with Crippen molar-refractivity contribution in [2.45, 2.75) is 31.4 Å². The van der Waals surface area contributed by atoms with E-state index in [0.29, 0.717) is 17.0 Å². The summed E-state index contributed by atoms with van der Waals surface area (Å²) in [5.74, 6) is 0.212. The molecule has 9 heteroatoms. The number of nitrogens with one attached hydrogen (secondary N) is 2. The van der Waals surface area contributed by atoms with Gasteiger partial charge in [-0.25, -0.2) is 8.42 Å². The van der Waals surface area contributed by atoms with E-state index < -0.39 is 10.0 Å². The average Bonchev–Trinajstić information content (AvgIpc) is 2.79. The number of carbonyl (C=O) groups excluding carboxylic acids is 1. The van der Waals surface area contributed by atoms with Gasteiger partial charge in [-0.1, -0.05) is 36.4 Å². The van der Waals surface area contributed by atoms with E-state index in [2.05, 4.69) is 10.6 Å². The molecular formula is C25H27N3O4S2. The number of hydrogen-bond acceptors (Lipinski definition) is 5. The van der Waals surface area contributed by atoms with Gasteiger partial charge in [0.25, 0.3) is 5.91 Å². The van der Waals surface area contributed by atoms with Crippen LogP contribution in [0, 0.1) is 0 Å². The average molecular weight is 498 g/mol. The van der Waals surface area contributed by atoms with E-state index in [1.165, 1.54) is 16.4 Å². The highest BCUT2D eigenvalue weighted by Gasteiger charge is 2.21. The molecule has 0 aliphatic rings. The summed E-state index contributed by atoms with van der Waals surface area (Å²) in [4.78, 5) is 12.7. The predicted molar refractivity (Wildman–Crippen MR) is 137 cm³/mol. The third kappa shape index (κ3) is 6.86. The molecule has 0 aliphatic heterocycles. The van der Waals surface area contributed by atoms with E-state index in [1.54, 1.807) is 43.4 Å². The van der Waals surface area contributed by atoms with Crippen LogP contribution in [-0.4, -0.2) is 36.9 Å². The Kier molecular flexibility index (Phi) is 8.38. The minimum atomic E-state index is -3.66. The first-order valence-corrected chi connectivity index (χ1v) is 12.5. The Labute approximate surface area is 205 Å². The van der Waals surface area contributed by atoms with Crippen molar-refractivity contribution in [2.75, 3.05) is 12.4 Å². The van der Waals surface area contributed by atoms with E-state index in [9.17, 15) is 13.2 Å². The Morgan fingerprint density at radius 3 is 2.32 bits per heavy atom. The topological polar surface area (TPSA) is 87.7 Å². The van der Waals surface area contributed by atoms with Gasteiger partial charge in [0, 0.05) is 24.8 Å². The summed E-state index contributed by atoms with van der Waals surface area (Å²) < 4.78 is 32.7. The standard InChI is InChI=1S/C25H27N3O4S2/c1-18(2)32-22-11-7-10-20(16-22)24(29)27-25(33)26-21-12-14-23(15-13-21)34(30,31)28(3)17-19-8-5-4-6-9-19/h4-16,18H,17H2,1-3H3,(H2,26,27,29,33). The zero-order valence-corrected chi connectivity index (χ0v) is 20.8. The molecule has 2 N–H and O–H groups in total. The number of amides is 1. The number of ether oxygens (including phenoxy) is 1. The molecule has 0 heterocycles. The Hall–Kier alpha value is -3.27. The lowest BCUT2D eigenvalue weighted by Gasteiger charge is -2.18. The van der Waals surface area contributed by atoms with Crippen LogP contribution >= 0.6 is 12.2 Å². The Bertz CT molecular complexity index is 1240. The summed E-state index contributed by atoms with van der Waals surface area (Å²) in [5.41, 5.74) is 1.85. The zero-order valence-electron chi connectivity index (χ0n) is 19.2. The predicted octanol–water partition coefficient (Wildman–Crippen LogP) is 4.42. The van der Waals surface area contributed by atoms with Gasteiger partial charge in [-0.2, -0.15) is 4.31 Å². The summed E-state index contributed by atoms with van der Waals surface area (Å²) in [5, 5.41) is 5.61. The smallest absolute Gasteiger partial charge is 0.257 e. The van der Waals surface area contributed by atoms with Crippen LogP contribution in [0.4, 0.5) is 5.69 Å². The second-order valence-electron chi connectivity index (χ2n) is 7.87. The maximum atomic E-state index is 12.9. The lowest BCUT2D eigenvalue weighted by Crippen LogP contribution is -2.34. The van der Waals surface area contributed by atoms with Crippen LogP contribution in [0.15, 0.2) is 83.8 Å². The van der Waals surface area contributed by atoms with E-state index in [1.807, 2.05) is 44.2 Å². The number of hydrogen-bond donors (Lipinski definition) is 2. The molecule has 3 aromatic carbocycles. The van der Waals surface area contributed by atoms with Gasteiger partial charge in [0.05, 0.1) is 11.0 Å². The molecule has 3 rings (SSSR count). The van der Waals surface area contributed by atoms with Crippen LogP contribution in [0.5, 0.6) is 5.75 Å². The summed E-state index contributed by atoms with van der Waals surface area (Å²) >= 11 is 5.24. The monoisotopic (exact) mass is 497 g/mol. The molecule has 7 nitrogen and oxygen atoms in total. The lowest BCUT2D eigenvalue weighted by atomic mass is 10.2. The number of thiocarbonyl (C=S) groups is 1. The molecule has 0 bridgehead atoms. The fraction of sp³-hybridized carbons (Fsp3) is 0.200. The molecule has 0 spiro atoms. The highest BCUT2D eigenvalue weighted by molar-refractivity contribution is 7.89. The van der Waals surface area contributed by atoms with Gasteiger partial charge in [-0.3, -0.25) is 10.1 Å². The highest BCUT2D eigenvalue weighted by atomic mass is 32.2. The van der Waals surface area contributed by atoms with Crippen LogP contribution in [0.2, 0.25) is 0 Å². The Morgan fingerprint density at radius 2 is 1.68 bits per heavy atom. The molecule has 0 saturated heterocycles. The first-order valence-electron chi connectivity index (χ1n) is 10.6. The SMILES string of the molecule is CC(C)Oc1cccc(C(=O)NC(=S)Nc2ccc(S(=O)(=O)N(C)Cc3ccccc3)cc2)c1. The quantitative estimate of drug-likeness (QED) is 0.448. The van der Waals surface area contributed by atoms with Gasteiger partial charge in [0.15, 0.2) is 5.11 Å². The number of benzene rings is 3. The minimum Gasteiger partial charge on any atom is -0.491 e. The maximum Gasteiger partial charge on any atom is 0.257 e. The second-order valence-corrected chi connectivity index (χ2v) is 10.3. The van der Waals surface area contributed by atoms with E-state index in [0.717, 1.165) is 5.56 Å². The molecule has 1 amide bonds. The van der Waals surface area contributed by atoms with E-state index in [4.69, 9.17) is 17.0 Å². The third-order valence-corrected chi connectivity index (χ3v) is 6.79. The Balaban J connectivity index is 1.60. The van der Waals surface area contributed by atoms with Crippen molar-refractivity contribution in [1.29, 1.82) is 0 Å². The summed E-state index contributed by atoms with van der Waals surface area (Å²) in [6.07, 6.45) is -0.00836. The normalized spacial score (nSPS) is 11.3. The molecule has 3 aromatic rings. The zero-order chi connectivity index (χ0) is 24.7. The highest BCUT2D eigenvalue weighted by Crippen LogP contribution is 2.19. The molecule has 34 heavy (non-hydrogen) atoms. The first kappa shape index (κ1) is 25.4. The van der Waals surface area contributed by atoms with Crippen molar-refractivity contribution in [1.82, 2.24) is 9.62 Å². The van der Waals surface area contributed by atoms with Gasteiger partial charge < -0.3 is 10.1 Å². The molecule has 0 radical (unpaired) electrons. The molecular weight excluding hydrogens is 470 g/mol. The largest absolute Gasteiger partial charge is 0.491 e. The minimum absolute atomic E-state index is 0.00836. The molecule has 0 aliphatic carbocycles. The molecule has 0 fully saturated rings. The maximum absolute atomic E-state index is 12.9. The van der Waals surface area contributed by atoms with Crippen molar-refractivity contribution >= 4 is 38.9 Å². The van der Waals surface area contributed by atoms with Crippen LogP contribution in [0.1, 0.15) is 29.8 Å². The number of rotatable bonds is 8. The van der Waals surface area contributed by atoms with Gasteiger partial charge in [-0.05, 0) is 74.1 Å². The van der Waals surface area contributed by atoms with Crippen molar-refractivity contribution in [2.24, 2.45) is 0 Å². The van der Waals surface area contributed by atoms with Crippen LogP contribution in [0.25, 0.3) is 0 Å². The summed E-state index contributed by atoms with van der Waals surface area (Å²) in [7, 11) is -2.12. The van der Waals surface area contributed by atoms with Crippen LogP contribution in [-0.2, 0) is 16.6 Å². The second kappa shape index (κ2) is 11.2. The van der Waals surface area contributed by atoms with Gasteiger partial charge in [-0.15, -0.1) is 0 Å². The fourth-order valence-corrected chi connectivity index (χ4v) is 4.51. The number of anilines is 1. The number of sulfonamides is 1. The van der Waals surface area contributed by atoms with Crippen molar-refractivity contribution in [3.63, 3.8) is 0 Å². The molecule has 178 valence electrons. The number of carbonyl (C=O) groups is 1. The number of nitrogens with zero attached hydrogens (tertiary/aromatic N) is 1. The summed E-state index contributed by atoms with van der Waals surface area (Å²) in [6, 6.07) is 22.4. The first-order chi connectivity index (χ1) is 16.1. The fourth-order valence-electron chi connectivity index (χ4n) is 3.14. The Morgan fingerprint density at radius 1 is 1.00 bits per heavy atom. The van der Waals surface area contributed by atoms with Gasteiger partial charge >= 0.3 is 0 Å². The van der Waals surface area contributed by atoms with Gasteiger partial charge in [0.2, 0.25) is 10.0 Å². The van der Waals surface area contributed by atoms with Crippen LogP contribution in [0.3, 0.4) is 0 Å².